The number of hydrogen-bond donors (Lipinski definition) is 0. The number of rotatable bonds is 8. The van der Waals surface area contributed by atoms with Gasteiger partial charge in [-0.25, -0.2) is 13.2 Å². The summed E-state index contributed by atoms with van der Waals surface area (Å²) in [5.74, 6) is -0.411. The molecule has 0 amide bonds. The van der Waals surface area contributed by atoms with E-state index in [-0.39, 0.29) is 18.0 Å². The summed E-state index contributed by atoms with van der Waals surface area (Å²) in [7, 11) is -3.79. The van der Waals surface area contributed by atoms with Gasteiger partial charge in [0, 0.05) is 30.5 Å². The molecule has 0 fully saturated rings. The van der Waals surface area contributed by atoms with Crippen LogP contribution in [-0.2, 0) is 27.8 Å². The minimum absolute atomic E-state index is 0.135. The molecule has 2 aromatic carbocycles. The lowest BCUT2D eigenvalue weighted by Gasteiger charge is -2.22. The number of nitrogens with zero attached hydrogens (tertiary/aromatic N) is 2. The molecular weight excluding hydrogens is 424 g/mol. The van der Waals surface area contributed by atoms with Crippen molar-refractivity contribution in [3.8, 4) is 0 Å². The Morgan fingerprint density at radius 3 is 2.07 bits per heavy atom. The summed E-state index contributed by atoms with van der Waals surface area (Å²) in [6.45, 7) is 2.34. The highest BCUT2D eigenvalue weighted by Crippen LogP contribution is 2.23. The molecule has 0 radical (unpaired) electrons. The number of hydrogen-bond acceptors (Lipinski definition) is 5. The summed E-state index contributed by atoms with van der Waals surface area (Å²) >= 11 is 5.91. The first kappa shape index (κ1) is 22.0. The van der Waals surface area contributed by atoms with Gasteiger partial charge in [-0.3, -0.25) is 4.98 Å². The zero-order valence-electron chi connectivity index (χ0n) is 16.4. The molecule has 0 aliphatic carbocycles. The maximum atomic E-state index is 13.3. The first-order chi connectivity index (χ1) is 14.4. The highest BCUT2D eigenvalue weighted by molar-refractivity contribution is 7.89. The van der Waals surface area contributed by atoms with Crippen LogP contribution in [0.2, 0.25) is 5.02 Å². The Hall–Kier alpha value is -2.74. The quantitative estimate of drug-likeness (QED) is 0.484. The van der Waals surface area contributed by atoms with Gasteiger partial charge >= 0.3 is 5.97 Å². The van der Waals surface area contributed by atoms with Gasteiger partial charge in [-0.1, -0.05) is 23.7 Å². The number of sulfonamides is 1. The molecule has 0 atom stereocenters. The van der Waals surface area contributed by atoms with Crippen molar-refractivity contribution in [2.75, 3.05) is 6.61 Å². The van der Waals surface area contributed by atoms with E-state index in [0.717, 1.165) is 11.1 Å². The molecule has 0 aliphatic rings. The van der Waals surface area contributed by atoms with Crippen molar-refractivity contribution in [2.45, 2.75) is 24.9 Å². The molecule has 1 aromatic heterocycles. The number of benzene rings is 2. The van der Waals surface area contributed by atoms with Crippen LogP contribution in [0.15, 0.2) is 78.0 Å². The van der Waals surface area contributed by atoms with Crippen LogP contribution in [0, 0.1) is 0 Å². The zero-order valence-corrected chi connectivity index (χ0v) is 17.9. The van der Waals surface area contributed by atoms with E-state index in [9.17, 15) is 13.2 Å². The normalized spacial score (nSPS) is 11.4. The second-order valence-electron chi connectivity index (χ2n) is 6.50. The van der Waals surface area contributed by atoms with Crippen molar-refractivity contribution in [1.29, 1.82) is 0 Å². The van der Waals surface area contributed by atoms with Crippen LogP contribution in [0.3, 0.4) is 0 Å². The van der Waals surface area contributed by atoms with Gasteiger partial charge in [0.05, 0.1) is 17.1 Å². The highest BCUT2D eigenvalue weighted by Gasteiger charge is 2.25. The summed E-state index contributed by atoms with van der Waals surface area (Å²) in [6, 6.07) is 16.3. The van der Waals surface area contributed by atoms with Crippen LogP contribution in [0.5, 0.6) is 0 Å². The smallest absolute Gasteiger partial charge is 0.338 e. The van der Waals surface area contributed by atoms with Crippen LogP contribution in [0.1, 0.15) is 28.4 Å². The Morgan fingerprint density at radius 1 is 0.933 bits per heavy atom. The number of pyridine rings is 1. The van der Waals surface area contributed by atoms with Crippen molar-refractivity contribution in [2.24, 2.45) is 0 Å². The van der Waals surface area contributed by atoms with E-state index in [4.69, 9.17) is 16.3 Å². The van der Waals surface area contributed by atoms with Crippen molar-refractivity contribution in [1.82, 2.24) is 9.29 Å². The van der Waals surface area contributed by atoms with Gasteiger partial charge in [0.1, 0.15) is 0 Å². The maximum Gasteiger partial charge on any atom is 0.338 e. The van der Waals surface area contributed by atoms with Gasteiger partial charge in [0.2, 0.25) is 10.0 Å². The monoisotopic (exact) mass is 444 g/mol. The van der Waals surface area contributed by atoms with Gasteiger partial charge in [0.25, 0.3) is 0 Å². The fourth-order valence-corrected chi connectivity index (χ4v) is 4.38. The molecule has 0 aliphatic heterocycles. The Labute approximate surface area is 181 Å². The standard InChI is InChI=1S/C22H21ClN2O4S/c1-2-29-22(26)19-5-3-17(4-6-19)15-25(16-18-11-13-24-14-12-18)30(27,28)21-9-7-20(23)8-10-21/h3-14H,2,15-16H2,1H3. The maximum absolute atomic E-state index is 13.3. The lowest BCUT2D eigenvalue weighted by molar-refractivity contribution is 0.0526. The van der Waals surface area contributed by atoms with Crippen molar-refractivity contribution < 1.29 is 17.9 Å². The Balaban J connectivity index is 1.90. The summed E-state index contributed by atoms with van der Waals surface area (Å²) in [4.78, 5) is 16.0. The lowest BCUT2D eigenvalue weighted by Crippen LogP contribution is -2.30. The average molecular weight is 445 g/mol. The van der Waals surface area contributed by atoms with E-state index < -0.39 is 16.0 Å². The van der Waals surface area contributed by atoms with E-state index in [0.29, 0.717) is 17.2 Å². The Morgan fingerprint density at radius 2 is 1.50 bits per heavy atom. The Bertz CT molecular complexity index is 1090. The zero-order chi connectivity index (χ0) is 21.6. The summed E-state index contributed by atoms with van der Waals surface area (Å²) < 4.78 is 33.0. The highest BCUT2D eigenvalue weighted by atomic mass is 35.5. The molecule has 3 aromatic rings. The van der Waals surface area contributed by atoms with Crippen molar-refractivity contribution >= 4 is 27.6 Å². The minimum Gasteiger partial charge on any atom is -0.462 e. The number of esters is 1. The molecule has 0 spiro atoms. The number of carbonyl (C=O) groups is 1. The van der Waals surface area contributed by atoms with Crippen LogP contribution in [-0.4, -0.2) is 30.3 Å². The van der Waals surface area contributed by atoms with E-state index in [1.54, 1.807) is 67.8 Å². The third-order valence-corrected chi connectivity index (χ3v) is 6.44. The molecule has 3 rings (SSSR count). The van der Waals surface area contributed by atoms with E-state index in [2.05, 4.69) is 4.98 Å². The first-order valence-electron chi connectivity index (χ1n) is 9.31. The van der Waals surface area contributed by atoms with E-state index in [1.807, 2.05) is 0 Å². The number of carbonyl (C=O) groups excluding carboxylic acids is 1. The minimum atomic E-state index is -3.79. The van der Waals surface area contributed by atoms with Crippen LogP contribution >= 0.6 is 11.6 Å². The van der Waals surface area contributed by atoms with E-state index in [1.165, 1.54) is 16.4 Å². The van der Waals surface area contributed by atoms with E-state index >= 15 is 0 Å². The largest absolute Gasteiger partial charge is 0.462 e. The number of aromatic nitrogens is 1. The molecule has 30 heavy (non-hydrogen) atoms. The SMILES string of the molecule is CCOC(=O)c1ccc(CN(Cc2ccncc2)S(=O)(=O)c2ccc(Cl)cc2)cc1. The van der Waals surface area contributed by atoms with Gasteiger partial charge in [-0.2, -0.15) is 4.31 Å². The molecule has 0 saturated heterocycles. The van der Waals surface area contributed by atoms with Gasteiger partial charge in [0.15, 0.2) is 0 Å². The second-order valence-corrected chi connectivity index (χ2v) is 8.87. The average Bonchev–Trinajstić information content (AvgIpc) is 2.75. The van der Waals surface area contributed by atoms with Crippen LogP contribution in [0.25, 0.3) is 0 Å². The molecular formula is C22H21ClN2O4S. The van der Waals surface area contributed by atoms with Crippen LogP contribution in [0.4, 0.5) is 0 Å². The van der Waals surface area contributed by atoms with Crippen molar-refractivity contribution in [3.05, 3.63) is 94.8 Å². The van der Waals surface area contributed by atoms with Gasteiger partial charge in [-0.15, -0.1) is 0 Å². The molecule has 156 valence electrons. The third kappa shape index (κ3) is 5.44. The van der Waals surface area contributed by atoms with Gasteiger partial charge in [-0.05, 0) is 66.6 Å². The predicted octanol–water partition coefficient (Wildman–Crippen LogP) is 4.30. The fourth-order valence-electron chi connectivity index (χ4n) is 2.84. The van der Waals surface area contributed by atoms with Gasteiger partial charge < -0.3 is 4.74 Å². The number of ether oxygens (including phenoxy) is 1. The van der Waals surface area contributed by atoms with Crippen LogP contribution < -0.4 is 0 Å². The summed E-state index contributed by atoms with van der Waals surface area (Å²) in [6.07, 6.45) is 3.24. The third-order valence-electron chi connectivity index (χ3n) is 4.38. The molecule has 0 N–H and O–H groups in total. The molecule has 6 nitrogen and oxygen atoms in total. The lowest BCUT2D eigenvalue weighted by atomic mass is 10.1. The topological polar surface area (TPSA) is 76.6 Å². The summed E-state index contributed by atoms with van der Waals surface area (Å²) in [5.41, 5.74) is 1.97. The molecule has 1 heterocycles. The molecule has 0 unspecified atom stereocenters. The Kier molecular flexibility index (Phi) is 7.20. The molecule has 8 heteroatoms. The number of halogens is 1. The molecule has 0 bridgehead atoms. The first-order valence-corrected chi connectivity index (χ1v) is 11.1. The summed E-state index contributed by atoms with van der Waals surface area (Å²) in [5, 5.41) is 0.462. The van der Waals surface area contributed by atoms with Crippen molar-refractivity contribution in [3.63, 3.8) is 0 Å². The molecule has 0 saturated carbocycles. The predicted molar refractivity (Wildman–Crippen MR) is 115 cm³/mol. The second kappa shape index (κ2) is 9.84. The fraction of sp³-hybridized carbons (Fsp3) is 0.182.